The number of hydrazine groups is 1. The largest absolute Gasteiger partial charge is 0.393 e. The topological polar surface area (TPSA) is 74.4 Å². The van der Waals surface area contributed by atoms with Crippen LogP contribution in [0.1, 0.15) is 18.5 Å². The van der Waals surface area contributed by atoms with Crippen molar-refractivity contribution in [2.24, 2.45) is 11.8 Å². The first-order valence-electron chi connectivity index (χ1n) is 5.96. The predicted molar refractivity (Wildman–Crippen MR) is 67.1 cm³/mol. The third-order valence-corrected chi connectivity index (χ3v) is 3.17. The van der Waals surface area contributed by atoms with Crippen LogP contribution in [-0.2, 0) is 6.54 Å². The summed E-state index contributed by atoms with van der Waals surface area (Å²) in [5, 5.41) is 9.24. The van der Waals surface area contributed by atoms with Gasteiger partial charge in [0.25, 0.3) is 0 Å². The van der Waals surface area contributed by atoms with Crippen LogP contribution in [0.25, 0.3) is 0 Å². The van der Waals surface area contributed by atoms with E-state index in [0.29, 0.717) is 11.7 Å². The zero-order valence-electron chi connectivity index (χ0n) is 10.1. The Bertz CT molecular complexity index is 365. The molecule has 0 unspecified atom stereocenters. The molecule has 1 heterocycles. The fraction of sp³-hybridized carbons (Fsp3) is 0.583. The number of nitrogens with one attached hydrogen (secondary N) is 1. The van der Waals surface area contributed by atoms with Gasteiger partial charge in [-0.3, -0.25) is 0 Å². The van der Waals surface area contributed by atoms with Gasteiger partial charge in [0, 0.05) is 13.1 Å². The number of hydrogen-bond acceptors (Lipinski definition) is 5. The van der Waals surface area contributed by atoms with E-state index >= 15 is 0 Å². The van der Waals surface area contributed by atoms with Crippen molar-refractivity contribution in [3.05, 3.63) is 23.9 Å². The number of hydrogen-bond donors (Lipinski definition) is 3. The standard InChI is InChI=1S/C12H20N4O/c1-16(7-9-5-11(17)6-9)8-10-3-2-4-12(14-10)15-13/h2-4,9,11,17H,5-8,13H2,1H3,(H,14,15). The van der Waals surface area contributed by atoms with E-state index in [9.17, 15) is 5.11 Å². The van der Waals surface area contributed by atoms with Crippen LogP contribution in [0.2, 0.25) is 0 Å². The SMILES string of the molecule is CN(Cc1cccc(NN)n1)CC1CC(O)C1. The van der Waals surface area contributed by atoms with Gasteiger partial charge in [0.2, 0.25) is 0 Å². The van der Waals surface area contributed by atoms with Crippen LogP contribution in [0, 0.1) is 5.92 Å². The smallest absolute Gasteiger partial charge is 0.140 e. The Hall–Kier alpha value is -1.17. The quantitative estimate of drug-likeness (QED) is 0.515. The second-order valence-electron chi connectivity index (χ2n) is 4.85. The first-order chi connectivity index (χ1) is 8.17. The highest BCUT2D eigenvalue weighted by molar-refractivity contribution is 5.33. The second-order valence-corrected chi connectivity index (χ2v) is 4.85. The maximum absolute atomic E-state index is 9.24. The van der Waals surface area contributed by atoms with Gasteiger partial charge >= 0.3 is 0 Å². The Kier molecular flexibility index (Phi) is 3.93. The second kappa shape index (κ2) is 5.44. The van der Waals surface area contributed by atoms with Gasteiger partial charge in [-0.15, -0.1) is 0 Å². The summed E-state index contributed by atoms with van der Waals surface area (Å²) >= 11 is 0. The van der Waals surface area contributed by atoms with Crippen LogP contribution in [-0.4, -0.2) is 34.7 Å². The van der Waals surface area contributed by atoms with Crippen LogP contribution in [0.4, 0.5) is 5.82 Å². The average Bonchev–Trinajstić information content (AvgIpc) is 2.27. The first-order valence-corrected chi connectivity index (χ1v) is 5.96. The fourth-order valence-corrected chi connectivity index (χ4v) is 2.28. The van der Waals surface area contributed by atoms with Crippen molar-refractivity contribution in [1.82, 2.24) is 9.88 Å². The molecule has 1 aromatic rings. The highest BCUT2D eigenvalue weighted by atomic mass is 16.3. The summed E-state index contributed by atoms with van der Waals surface area (Å²) in [6.07, 6.45) is 1.79. The van der Waals surface area contributed by atoms with E-state index in [4.69, 9.17) is 5.84 Å². The molecule has 2 rings (SSSR count). The Morgan fingerprint density at radius 2 is 2.29 bits per heavy atom. The van der Waals surface area contributed by atoms with Crippen LogP contribution in [0.15, 0.2) is 18.2 Å². The van der Waals surface area contributed by atoms with E-state index in [2.05, 4.69) is 22.4 Å². The molecule has 4 N–H and O–H groups in total. The molecule has 0 atom stereocenters. The van der Waals surface area contributed by atoms with Crippen molar-refractivity contribution in [2.75, 3.05) is 19.0 Å². The molecule has 0 aliphatic heterocycles. The monoisotopic (exact) mass is 236 g/mol. The van der Waals surface area contributed by atoms with E-state index in [1.54, 1.807) is 0 Å². The van der Waals surface area contributed by atoms with E-state index in [0.717, 1.165) is 31.6 Å². The van der Waals surface area contributed by atoms with Crippen LogP contribution in [0.5, 0.6) is 0 Å². The molecule has 17 heavy (non-hydrogen) atoms. The van der Waals surface area contributed by atoms with E-state index in [-0.39, 0.29) is 6.10 Å². The zero-order chi connectivity index (χ0) is 12.3. The number of rotatable bonds is 5. The number of nitrogens with two attached hydrogens (primary N) is 1. The number of anilines is 1. The Labute approximate surface area is 102 Å². The number of aromatic nitrogens is 1. The van der Waals surface area contributed by atoms with Crippen LogP contribution >= 0.6 is 0 Å². The molecule has 1 fully saturated rings. The highest BCUT2D eigenvalue weighted by Gasteiger charge is 2.27. The highest BCUT2D eigenvalue weighted by Crippen LogP contribution is 2.27. The minimum atomic E-state index is -0.0729. The van der Waals surface area contributed by atoms with Gasteiger partial charge in [-0.1, -0.05) is 6.07 Å². The van der Waals surface area contributed by atoms with Gasteiger partial charge in [-0.05, 0) is 37.9 Å². The molecule has 0 amide bonds. The zero-order valence-corrected chi connectivity index (χ0v) is 10.1. The van der Waals surface area contributed by atoms with Gasteiger partial charge < -0.3 is 15.4 Å². The number of nitrogens with zero attached hydrogens (tertiary/aromatic N) is 2. The summed E-state index contributed by atoms with van der Waals surface area (Å²) in [6.45, 7) is 1.82. The summed E-state index contributed by atoms with van der Waals surface area (Å²) in [6, 6.07) is 5.78. The Balaban J connectivity index is 1.82. The van der Waals surface area contributed by atoms with Crippen LogP contribution < -0.4 is 11.3 Å². The lowest BCUT2D eigenvalue weighted by atomic mass is 9.82. The summed E-state index contributed by atoms with van der Waals surface area (Å²) < 4.78 is 0. The van der Waals surface area contributed by atoms with Gasteiger partial charge in [0.15, 0.2) is 0 Å². The molecular weight excluding hydrogens is 216 g/mol. The molecule has 1 aliphatic carbocycles. The van der Waals surface area contributed by atoms with Gasteiger partial charge in [-0.2, -0.15) is 0 Å². The maximum Gasteiger partial charge on any atom is 0.140 e. The van der Waals surface area contributed by atoms with Crippen molar-refractivity contribution in [3.8, 4) is 0 Å². The summed E-state index contributed by atoms with van der Waals surface area (Å²) in [5.74, 6) is 6.64. The Morgan fingerprint density at radius 1 is 1.53 bits per heavy atom. The summed E-state index contributed by atoms with van der Waals surface area (Å²) in [4.78, 5) is 6.61. The van der Waals surface area contributed by atoms with Gasteiger partial charge in [0.1, 0.15) is 5.82 Å². The van der Waals surface area contributed by atoms with Crippen molar-refractivity contribution >= 4 is 5.82 Å². The number of nitrogen functional groups attached to an aromatic ring is 1. The van der Waals surface area contributed by atoms with E-state index in [1.807, 2.05) is 18.2 Å². The third-order valence-electron chi connectivity index (χ3n) is 3.17. The minimum Gasteiger partial charge on any atom is -0.393 e. The predicted octanol–water partition coefficient (Wildman–Crippen LogP) is 0.570. The molecule has 0 spiro atoms. The molecule has 1 saturated carbocycles. The van der Waals surface area contributed by atoms with Crippen molar-refractivity contribution in [2.45, 2.75) is 25.5 Å². The molecule has 1 aliphatic rings. The lowest BCUT2D eigenvalue weighted by Crippen LogP contribution is -2.36. The van der Waals surface area contributed by atoms with E-state index in [1.165, 1.54) is 0 Å². The first kappa shape index (κ1) is 12.3. The summed E-state index contributed by atoms with van der Waals surface area (Å²) in [5.41, 5.74) is 3.55. The number of aliphatic hydroxyl groups excluding tert-OH is 1. The van der Waals surface area contributed by atoms with Crippen molar-refractivity contribution in [3.63, 3.8) is 0 Å². The molecular formula is C12H20N4O. The van der Waals surface area contributed by atoms with Gasteiger partial charge in [-0.25, -0.2) is 10.8 Å². The molecule has 0 bridgehead atoms. The molecule has 5 heteroatoms. The fourth-order valence-electron chi connectivity index (χ4n) is 2.28. The average molecular weight is 236 g/mol. The Morgan fingerprint density at radius 3 is 2.94 bits per heavy atom. The number of pyridine rings is 1. The molecule has 94 valence electrons. The number of aliphatic hydroxyl groups is 1. The maximum atomic E-state index is 9.24. The lowest BCUT2D eigenvalue weighted by Gasteiger charge is -2.34. The lowest BCUT2D eigenvalue weighted by molar-refractivity contribution is 0.0272. The van der Waals surface area contributed by atoms with Crippen molar-refractivity contribution in [1.29, 1.82) is 0 Å². The molecule has 1 aromatic heterocycles. The van der Waals surface area contributed by atoms with Gasteiger partial charge in [0.05, 0.1) is 11.8 Å². The molecule has 5 nitrogen and oxygen atoms in total. The summed E-state index contributed by atoms with van der Waals surface area (Å²) in [7, 11) is 2.08. The molecule has 0 saturated heterocycles. The van der Waals surface area contributed by atoms with E-state index < -0.39 is 0 Å². The van der Waals surface area contributed by atoms with Crippen LogP contribution in [0.3, 0.4) is 0 Å². The minimum absolute atomic E-state index is 0.0729. The third kappa shape index (κ3) is 3.39. The molecule has 0 aromatic carbocycles. The van der Waals surface area contributed by atoms with Crippen molar-refractivity contribution < 1.29 is 5.11 Å². The molecule has 0 radical (unpaired) electrons. The normalized spacial score (nSPS) is 23.5.